The monoisotopic (exact) mass is 303 g/mol. The summed E-state index contributed by atoms with van der Waals surface area (Å²) in [6, 6.07) is 15.9. The zero-order valence-corrected chi connectivity index (χ0v) is 13.2. The van der Waals surface area contributed by atoms with E-state index >= 15 is 0 Å². The second-order valence-electron chi connectivity index (χ2n) is 5.06. The van der Waals surface area contributed by atoms with Crippen LogP contribution in [0.25, 0.3) is 0 Å². The zero-order valence-electron chi connectivity index (χ0n) is 12.4. The van der Waals surface area contributed by atoms with Gasteiger partial charge in [-0.1, -0.05) is 55.3 Å². The molecule has 0 saturated carbocycles. The maximum atomic E-state index is 5.99. The van der Waals surface area contributed by atoms with E-state index in [4.69, 9.17) is 16.3 Å². The lowest BCUT2D eigenvalue weighted by atomic mass is 10.2. The summed E-state index contributed by atoms with van der Waals surface area (Å²) in [6.07, 6.45) is 2.41. The van der Waals surface area contributed by atoms with Crippen LogP contribution in [0.3, 0.4) is 0 Å². The molecule has 0 amide bonds. The van der Waals surface area contributed by atoms with Crippen molar-refractivity contribution in [1.82, 2.24) is 5.32 Å². The molecule has 21 heavy (non-hydrogen) atoms. The highest BCUT2D eigenvalue weighted by molar-refractivity contribution is 6.30. The summed E-state index contributed by atoms with van der Waals surface area (Å²) < 4.78 is 5.94. The molecule has 2 aromatic carbocycles. The highest BCUT2D eigenvalue weighted by Gasteiger charge is 2.03. The second kappa shape index (κ2) is 8.71. The molecular weight excluding hydrogens is 282 g/mol. The molecule has 0 heterocycles. The molecule has 0 aliphatic heterocycles. The lowest BCUT2D eigenvalue weighted by molar-refractivity contribution is 0.302. The van der Waals surface area contributed by atoms with Crippen LogP contribution in [0.15, 0.2) is 48.5 Å². The first-order valence-electron chi connectivity index (χ1n) is 7.45. The maximum absolute atomic E-state index is 5.99. The van der Waals surface area contributed by atoms with Crippen LogP contribution in [0.2, 0.25) is 5.02 Å². The smallest absolute Gasteiger partial charge is 0.124 e. The minimum absolute atomic E-state index is 0.534. The van der Waals surface area contributed by atoms with Gasteiger partial charge in [0.05, 0.1) is 0 Å². The first-order valence-corrected chi connectivity index (χ1v) is 7.83. The van der Waals surface area contributed by atoms with Crippen molar-refractivity contribution in [2.45, 2.75) is 32.9 Å². The second-order valence-corrected chi connectivity index (χ2v) is 5.49. The van der Waals surface area contributed by atoms with Gasteiger partial charge in [0.2, 0.25) is 0 Å². The molecule has 3 heteroatoms. The first kappa shape index (κ1) is 15.9. The van der Waals surface area contributed by atoms with E-state index in [1.807, 2.05) is 42.5 Å². The average molecular weight is 304 g/mol. The number of hydrogen-bond acceptors (Lipinski definition) is 2. The summed E-state index contributed by atoms with van der Waals surface area (Å²) in [7, 11) is 0. The van der Waals surface area contributed by atoms with E-state index < -0.39 is 0 Å². The van der Waals surface area contributed by atoms with E-state index in [9.17, 15) is 0 Å². The summed E-state index contributed by atoms with van der Waals surface area (Å²) in [5.74, 6) is 0.932. The third kappa shape index (κ3) is 5.41. The lowest BCUT2D eigenvalue weighted by Crippen LogP contribution is -2.15. The van der Waals surface area contributed by atoms with Crippen LogP contribution < -0.4 is 10.1 Å². The van der Waals surface area contributed by atoms with Crippen LogP contribution in [0, 0.1) is 0 Å². The Morgan fingerprint density at radius 2 is 1.95 bits per heavy atom. The Bertz CT molecular complexity index is 556. The normalized spacial score (nSPS) is 10.6. The highest BCUT2D eigenvalue weighted by Crippen LogP contribution is 2.20. The number of unbranched alkanes of at least 4 members (excludes halogenated alkanes) is 1. The van der Waals surface area contributed by atoms with Gasteiger partial charge < -0.3 is 10.1 Å². The van der Waals surface area contributed by atoms with Gasteiger partial charge in [-0.05, 0) is 36.7 Å². The lowest BCUT2D eigenvalue weighted by Gasteiger charge is -2.12. The third-order valence-electron chi connectivity index (χ3n) is 3.28. The van der Waals surface area contributed by atoms with Gasteiger partial charge in [0.25, 0.3) is 0 Å². The molecule has 0 spiro atoms. The third-order valence-corrected chi connectivity index (χ3v) is 3.51. The van der Waals surface area contributed by atoms with Gasteiger partial charge in [-0.3, -0.25) is 0 Å². The van der Waals surface area contributed by atoms with Crippen LogP contribution >= 0.6 is 11.6 Å². The number of hydrogen-bond donors (Lipinski definition) is 1. The molecule has 0 aliphatic carbocycles. The van der Waals surface area contributed by atoms with Crippen molar-refractivity contribution in [1.29, 1.82) is 0 Å². The molecule has 2 nitrogen and oxygen atoms in total. The van der Waals surface area contributed by atoms with E-state index in [1.165, 1.54) is 18.4 Å². The molecule has 1 N–H and O–H groups in total. The van der Waals surface area contributed by atoms with Gasteiger partial charge in [-0.15, -0.1) is 0 Å². The molecule has 0 unspecified atom stereocenters. The predicted octanol–water partition coefficient (Wildman–Crippen LogP) is 4.81. The SMILES string of the molecule is CCCCNCc1ccccc1OCc1cccc(Cl)c1. The van der Waals surface area contributed by atoms with Gasteiger partial charge in [-0.2, -0.15) is 0 Å². The average Bonchev–Trinajstić information content (AvgIpc) is 2.50. The fourth-order valence-corrected chi connectivity index (χ4v) is 2.32. The number of nitrogens with one attached hydrogen (secondary N) is 1. The van der Waals surface area contributed by atoms with E-state index in [-0.39, 0.29) is 0 Å². The topological polar surface area (TPSA) is 21.3 Å². The number of halogens is 1. The number of rotatable bonds is 8. The van der Waals surface area contributed by atoms with Crippen molar-refractivity contribution in [2.24, 2.45) is 0 Å². The molecular formula is C18H22ClNO. The Hall–Kier alpha value is -1.51. The molecule has 2 aromatic rings. The first-order chi connectivity index (χ1) is 10.3. The number of para-hydroxylation sites is 1. The van der Waals surface area contributed by atoms with Crippen molar-refractivity contribution in [2.75, 3.05) is 6.54 Å². The fraction of sp³-hybridized carbons (Fsp3) is 0.333. The standard InChI is InChI=1S/C18H22ClNO/c1-2-3-11-20-13-16-8-4-5-10-18(16)21-14-15-7-6-9-17(19)12-15/h4-10,12,20H,2-3,11,13-14H2,1H3. The Morgan fingerprint density at radius 3 is 2.76 bits per heavy atom. The van der Waals surface area contributed by atoms with Crippen molar-refractivity contribution in [3.8, 4) is 5.75 Å². The van der Waals surface area contributed by atoms with Crippen molar-refractivity contribution in [3.05, 3.63) is 64.7 Å². The van der Waals surface area contributed by atoms with Crippen molar-refractivity contribution in [3.63, 3.8) is 0 Å². The van der Waals surface area contributed by atoms with Gasteiger partial charge in [-0.25, -0.2) is 0 Å². The quantitative estimate of drug-likeness (QED) is 0.707. The molecule has 0 saturated heterocycles. The molecule has 0 aromatic heterocycles. The molecule has 2 rings (SSSR count). The van der Waals surface area contributed by atoms with E-state index in [1.54, 1.807) is 0 Å². The van der Waals surface area contributed by atoms with Gasteiger partial charge in [0.15, 0.2) is 0 Å². The molecule has 0 bridgehead atoms. The van der Waals surface area contributed by atoms with Crippen LogP contribution in [-0.4, -0.2) is 6.54 Å². The molecule has 0 radical (unpaired) electrons. The highest BCUT2D eigenvalue weighted by atomic mass is 35.5. The summed E-state index contributed by atoms with van der Waals surface area (Å²) in [4.78, 5) is 0. The Kier molecular flexibility index (Phi) is 6.58. The maximum Gasteiger partial charge on any atom is 0.124 e. The number of benzene rings is 2. The summed E-state index contributed by atoms with van der Waals surface area (Å²) in [6.45, 7) is 4.61. The summed E-state index contributed by atoms with van der Waals surface area (Å²) in [5.41, 5.74) is 2.27. The summed E-state index contributed by atoms with van der Waals surface area (Å²) in [5, 5.41) is 4.19. The van der Waals surface area contributed by atoms with Crippen molar-refractivity contribution < 1.29 is 4.74 Å². The van der Waals surface area contributed by atoms with E-state index in [0.29, 0.717) is 6.61 Å². The Labute approximate surface area is 132 Å². The largest absolute Gasteiger partial charge is 0.489 e. The fourth-order valence-electron chi connectivity index (χ4n) is 2.10. The number of ether oxygens (including phenoxy) is 1. The Morgan fingerprint density at radius 1 is 1.10 bits per heavy atom. The zero-order chi connectivity index (χ0) is 14.9. The molecule has 0 fully saturated rings. The summed E-state index contributed by atoms with van der Waals surface area (Å²) >= 11 is 5.99. The van der Waals surface area contributed by atoms with Crippen LogP contribution in [0.1, 0.15) is 30.9 Å². The van der Waals surface area contributed by atoms with Gasteiger partial charge in [0, 0.05) is 17.1 Å². The minimum Gasteiger partial charge on any atom is -0.489 e. The van der Waals surface area contributed by atoms with Gasteiger partial charge in [0.1, 0.15) is 12.4 Å². The van der Waals surface area contributed by atoms with E-state index in [2.05, 4.69) is 18.3 Å². The van der Waals surface area contributed by atoms with Crippen LogP contribution in [0.4, 0.5) is 0 Å². The Balaban J connectivity index is 1.93. The molecule has 112 valence electrons. The molecule has 0 atom stereocenters. The molecule has 0 aliphatic rings. The van der Waals surface area contributed by atoms with Crippen LogP contribution in [-0.2, 0) is 13.2 Å². The minimum atomic E-state index is 0.534. The predicted molar refractivity (Wildman–Crippen MR) is 88.8 cm³/mol. The van der Waals surface area contributed by atoms with Crippen molar-refractivity contribution >= 4 is 11.6 Å². The van der Waals surface area contributed by atoms with Crippen LogP contribution in [0.5, 0.6) is 5.75 Å². The van der Waals surface area contributed by atoms with E-state index in [0.717, 1.165) is 29.4 Å². The van der Waals surface area contributed by atoms with Gasteiger partial charge >= 0.3 is 0 Å².